The van der Waals surface area contributed by atoms with Crippen molar-refractivity contribution >= 4 is 11.8 Å². The highest BCUT2D eigenvalue weighted by Crippen LogP contribution is 2.16. The summed E-state index contributed by atoms with van der Waals surface area (Å²) >= 11 is 0. The number of ether oxygens (including phenoxy) is 1. The van der Waals surface area contributed by atoms with Crippen molar-refractivity contribution < 1.29 is 28.2 Å². The smallest absolute Gasteiger partial charge is 0.276 e. The van der Waals surface area contributed by atoms with E-state index in [1.165, 1.54) is 29.4 Å². The van der Waals surface area contributed by atoms with E-state index in [4.69, 9.17) is 14.3 Å². The van der Waals surface area contributed by atoms with Crippen LogP contribution in [0.3, 0.4) is 0 Å². The maximum absolute atomic E-state index is 13.1. The molecule has 9 heteroatoms. The SMILES string of the molecule is O=C1NCCN(C(=O)c2coc(COc3cccc(F)c3)n2)C1CCO. The minimum Gasteiger partial charge on any atom is -0.484 e. The van der Waals surface area contributed by atoms with Gasteiger partial charge in [0.2, 0.25) is 11.8 Å². The molecule has 1 atom stereocenters. The van der Waals surface area contributed by atoms with E-state index in [0.29, 0.717) is 18.8 Å². The van der Waals surface area contributed by atoms with Crippen LogP contribution in [-0.2, 0) is 11.4 Å². The van der Waals surface area contributed by atoms with E-state index in [-0.39, 0.29) is 37.1 Å². The van der Waals surface area contributed by atoms with Gasteiger partial charge < -0.3 is 24.5 Å². The van der Waals surface area contributed by atoms with Crippen LogP contribution in [0.15, 0.2) is 34.9 Å². The summed E-state index contributed by atoms with van der Waals surface area (Å²) in [4.78, 5) is 30.0. The predicted molar refractivity (Wildman–Crippen MR) is 86.8 cm³/mol. The van der Waals surface area contributed by atoms with Crippen LogP contribution in [0.4, 0.5) is 4.39 Å². The third-order valence-corrected chi connectivity index (χ3v) is 3.92. The van der Waals surface area contributed by atoms with Gasteiger partial charge in [-0.25, -0.2) is 9.37 Å². The van der Waals surface area contributed by atoms with Crippen molar-refractivity contribution in [1.29, 1.82) is 0 Å². The Morgan fingerprint density at radius 1 is 1.50 bits per heavy atom. The number of carbonyl (C=O) groups excluding carboxylic acids is 2. The number of oxazole rings is 1. The zero-order chi connectivity index (χ0) is 18.5. The van der Waals surface area contributed by atoms with Gasteiger partial charge >= 0.3 is 0 Å². The third kappa shape index (κ3) is 3.99. The summed E-state index contributed by atoms with van der Waals surface area (Å²) in [5.74, 6) is -0.732. The van der Waals surface area contributed by atoms with E-state index in [1.807, 2.05) is 0 Å². The second-order valence-corrected chi connectivity index (χ2v) is 5.69. The molecular formula is C17H18FN3O5. The lowest BCUT2D eigenvalue weighted by Gasteiger charge is -2.34. The first-order chi connectivity index (χ1) is 12.6. The standard InChI is InChI=1S/C17H18FN3O5/c18-11-2-1-3-12(8-11)25-10-15-20-13(9-26-15)17(24)21-6-5-19-16(23)14(21)4-7-22/h1-3,8-9,14,22H,4-7,10H2,(H,19,23). The number of aliphatic hydroxyl groups excluding tert-OH is 1. The monoisotopic (exact) mass is 363 g/mol. The molecule has 2 aromatic rings. The molecule has 1 fully saturated rings. The number of rotatable bonds is 6. The van der Waals surface area contributed by atoms with Crippen molar-refractivity contribution in [2.24, 2.45) is 0 Å². The van der Waals surface area contributed by atoms with Gasteiger partial charge in [0.25, 0.3) is 5.91 Å². The van der Waals surface area contributed by atoms with Crippen LogP contribution in [-0.4, -0.2) is 52.5 Å². The maximum atomic E-state index is 13.1. The Morgan fingerprint density at radius 2 is 2.35 bits per heavy atom. The van der Waals surface area contributed by atoms with Crippen LogP contribution < -0.4 is 10.1 Å². The minimum atomic E-state index is -0.745. The van der Waals surface area contributed by atoms with Crippen molar-refractivity contribution in [2.75, 3.05) is 19.7 Å². The molecule has 3 rings (SSSR count). The second kappa shape index (κ2) is 7.96. The van der Waals surface area contributed by atoms with Crippen LogP contribution in [0, 0.1) is 5.82 Å². The Kier molecular flexibility index (Phi) is 5.47. The molecule has 138 valence electrons. The molecule has 0 spiro atoms. The van der Waals surface area contributed by atoms with Gasteiger partial charge in [-0.2, -0.15) is 0 Å². The van der Waals surface area contributed by atoms with Gasteiger partial charge in [0.1, 0.15) is 23.9 Å². The number of hydrogen-bond acceptors (Lipinski definition) is 6. The summed E-state index contributed by atoms with van der Waals surface area (Å²) in [6.07, 6.45) is 1.33. The highest BCUT2D eigenvalue weighted by Gasteiger charge is 2.34. The Hall–Kier alpha value is -2.94. The number of halogens is 1. The first-order valence-electron chi connectivity index (χ1n) is 8.11. The number of hydrogen-bond donors (Lipinski definition) is 2. The zero-order valence-electron chi connectivity index (χ0n) is 13.9. The highest BCUT2D eigenvalue weighted by atomic mass is 19.1. The van der Waals surface area contributed by atoms with Crippen molar-refractivity contribution in [1.82, 2.24) is 15.2 Å². The fourth-order valence-electron chi connectivity index (χ4n) is 2.69. The predicted octanol–water partition coefficient (Wildman–Crippen LogP) is 0.716. The normalized spacial score (nSPS) is 17.1. The van der Waals surface area contributed by atoms with E-state index >= 15 is 0 Å². The molecule has 1 unspecified atom stereocenters. The Labute approximate surface area is 148 Å². The van der Waals surface area contributed by atoms with E-state index in [1.54, 1.807) is 6.07 Å². The van der Waals surface area contributed by atoms with Crippen LogP contribution in [0.5, 0.6) is 5.75 Å². The van der Waals surface area contributed by atoms with Crippen molar-refractivity contribution in [3.8, 4) is 5.75 Å². The fraction of sp³-hybridized carbons (Fsp3) is 0.353. The molecule has 2 N–H and O–H groups in total. The summed E-state index contributed by atoms with van der Waals surface area (Å²) in [5.41, 5.74) is 0.0421. The summed E-state index contributed by atoms with van der Waals surface area (Å²) in [7, 11) is 0. The molecule has 8 nitrogen and oxygen atoms in total. The van der Waals surface area contributed by atoms with Gasteiger partial charge in [-0.15, -0.1) is 0 Å². The average Bonchev–Trinajstić information content (AvgIpc) is 3.10. The largest absolute Gasteiger partial charge is 0.484 e. The number of carbonyl (C=O) groups is 2. The van der Waals surface area contributed by atoms with Crippen LogP contribution in [0.25, 0.3) is 0 Å². The van der Waals surface area contributed by atoms with E-state index in [0.717, 1.165) is 0 Å². The summed E-state index contributed by atoms with van der Waals surface area (Å²) in [6, 6.07) is 4.87. The molecule has 0 bridgehead atoms. The van der Waals surface area contributed by atoms with Gasteiger partial charge in [-0.3, -0.25) is 9.59 Å². The first-order valence-corrected chi connectivity index (χ1v) is 8.11. The highest BCUT2D eigenvalue weighted by molar-refractivity contribution is 5.96. The fourth-order valence-corrected chi connectivity index (χ4v) is 2.69. The molecule has 26 heavy (non-hydrogen) atoms. The number of aliphatic hydroxyl groups is 1. The number of amides is 2. The van der Waals surface area contributed by atoms with Crippen LogP contribution in [0.2, 0.25) is 0 Å². The van der Waals surface area contributed by atoms with Gasteiger partial charge in [-0.05, 0) is 18.6 Å². The molecule has 2 amide bonds. The van der Waals surface area contributed by atoms with E-state index in [9.17, 15) is 14.0 Å². The molecule has 1 saturated heterocycles. The zero-order valence-corrected chi connectivity index (χ0v) is 13.9. The number of aromatic nitrogens is 1. The summed E-state index contributed by atoms with van der Waals surface area (Å²) < 4.78 is 23.7. The summed E-state index contributed by atoms with van der Waals surface area (Å²) in [5, 5.41) is 11.8. The van der Waals surface area contributed by atoms with E-state index < -0.39 is 17.8 Å². The number of benzene rings is 1. The molecule has 0 aliphatic carbocycles. The lowest BCUT2D eigenvalue weighted by atomic mass is 10.1. The molecule has 1 aromatic carbocycles. The molecule has 1 aromatic heterocycles. The van der Waals surface area contributed by atoms with Crippen molar-refractivity contribution in [3.63, 3.8) is 0 Å². The number of nitrogens with one attached hydrogen (secondary N) is 1. The molecule has 0 saturated carbocycles. The van der Waals surface area contributed by atoms with Gasteiger partial charge in [0.05, 0.1) is 0 Å². The van der Waals surface area contributed by atoms with Crippen molar-refractivity contribution in [3.05, 3.63) is 47.9 Å². The number of piperazine rings is 1. The molecule has 1 aliphatic heterocycles. The minimum absolute atomic E-state index is 0.0421. The maximum Gasteiger partial charge on any atom is 0.276 e. The topological polar surface area (TPSA) is 105 Å². The molecule has 0 radical (unpaired) electrons. The Morgan fingerprint density at radius 3 is 3.12 bits per heavy atom. The van der Waals surface area contributed by atoms with Gasteiger partial charge in [-0.1, -0.05) is 6.07 Å². The van der Waals surface area contributed by atoms with Crippen molar-refractivity contribution in [2.45, 2.75) is 19.1 Å². The lowest BCUT2D eigenvalue weighted by molar-refractivity contribution is -0.128. The Bertz CT molecular complexity index is 794. The van der Waals surface area contributed by atoms with E-state index in [2.05, 4.69) is 10.3 Å². The molecular weight excluding hydrogens is 345 g/mol. The first kappa shape index (κ1) is 17.9. The second-order valence-electron chi connectivity index (χ2n) is 5.69. The number of nitrogens with zero attached hydrogens (tertiary/aromatic N) is 2. The summed E-state index contributed by atoms with van der Waals surface area (Å²) in [6.45, 7) is 0.363. The molecule has 1 aliphatic rings. The third-order valence-electron chi connectivity index (χ3n) is 3.92. The molecule has 2 heterocycles. The van der Waals surface area contributed by atoms with Gasteiger partial charge in [0.15, 0.2) is 12.3 Å². The van der Waals surface area contributed by atoms with Crippen LogP contribution in [0.1, 0.15) is 22.8 Å². The lowest BCUT2D eigenvalue weighted by Crippen LogP contribution is -2.57. The van der Waals surface area contributed by atoms with Gasteiger partial charge in [0, 0.05) is 25.8 Å². The quantitative estimate of drug-likeness (QED) is 0.783. The average molecular weight is 363 g/mol. The Balaban J connectivity index is 1.66. The van der Waals surface area contributed by atoms with Crippen LogP contribution >= 0.6 is 0 Å².